The van der Waals surface area contributed by atoms with Crippen LogP contribution < -0.4 is 0 Å². The maximum atomic E-state index is 12.1. The molecule has 2 aliphatic heterocycles. The predicted molar refractivity (Wildman–Crippen MR) is 71.3 cm³/mol. The summed E-state index contributed by atoms with van der Waals surface area (Å²) < 4.78 is 0. The molecule has 1 N–H and O–H groups in total. The fourth-order valence-corrected chi connectivity index (χ4v) is 2.95. The number of aliphatic hydroxyl groups is 1. The van der Waals surface area contributed by atoms with Gasteiger partial charge in [0, 0.05) is 19.5 Å². The van der Waals surface area contributed by atoms with Crippen molar-refractivity contribution in [3.63, 3.8) is 0 Å². The minimum atomic E-state index is -0.201. The molecule has 4 nitrogen and oxygen atoms in total. The Bertz CT molecular complexity index is 265. The number of rotatable bonds is 4. The Morgan fingerprint density at radius 3 is 2.61 bits per heavy atom. The molecule has 0 radical (unpaired) electrons. The highest BCUT2D eigenvalue weighted by Crippen LogP contribution is 2.13. The number of likely N-dealkylation sites (tertiary alicyclic amines) is 2. The van der Waals surface area contributed by atoms with Crippen LogP contribution >= 0.6 is 0 Å². The summed E-state index contributed by atoms with van der Waals surface area (Å²) in [5.74, 6) is 0.281. The van der Waals surface area contributed by atoms with Gasteiger partial charge in [0.2, 0.25) is 5.91 Å². The van der Waals surface area contributed by atoms with Crippen LogP contribution in [0.3, 0.4) is 0 Å². The molecule has 2 fully saturated rings. The zero-order chi connectivity index (χ0) is 12.8. The Morgan fingerprint density at radius 2 is 1.83 bits per heavy atom. The second kappa shape index (κ2) is 7.10. The third-order valence-electron chi connectivity index (χ3n) is 4.11. The third-order valence-corrected chi connectivity index (χ3v) is 4.11. The Labute approximate surface area is 110 Å². The molecule has 104 valence electrons. The van der Waals surface area contributed by atoms with Crippen molar-refractivity contribution in [3.8, 4) is 0 Å². The highest BCUT2D eigenvalue weighted by molar-refractivity contribution is 5.76. The summed E-state index contributed by atoms with van der Waals surface area (Å²) in [7, 11) is 0. The van der Waals surface area contributed by atoms with Gasteiger partial charge in [0.25, 0.3) is 0 Å². The van der Waals surface area contributed by atoms with Crippen molar-refractivity contribution in [1.82, 2.24) is 9.80 Å². The minimum Gasteiger partial charge on any atom is -0.393 e. The summed E-state index contributed by atoms with van der Waals surface area (Å²) in [6, 6.07) is 0. The van der Waals surface area contributed by atoms with Crippen LogP contribution in [0.1, 0.15) is 44.9 Å². The summed E-state index contributed by atoms with van der Waals surface area (Å²) >= 11 is 0. The SMILES string of the molecule is O=C(CCCN1CCCC1)N1CCC[C@H](O)CC1. The van der Waals surface area contributed by atoms with Crippen LogP contribution in [-0.4, -0.2) is 59.6 Å². The first-order valence-corrected chi connectivity index (χ1v) is 7.44. The van der Waals surface area contributed by atoms with Crippen LogP contribution in [0.4, 0.5) is 0 Å². The van der Waals surface area contributed by atoms with E-state index in [1.54, 1.807) is 0 Å². The van der Waals surface area contributed by atoms with Crippen LogP contribution in [-0.2, 0) is 4.79 Å². The standard InChI is InChI=1S/C14H26N2O2/c17-13-5-3-11-16(12-7-13)14(18)6-4-10-15-8-1-2-9-15/h13,17H,1-12H2/t13-/m0/s1. The number of hydrogen-bond acceptors (Lipinski definition) is 3. The van der Waals surface area contributed by atoms with Gasteiger partial charge in [0.1, 0.15) is 0 Å². The summed E-state index contributed by atoms with van der Waals surface area (Å²) in [6.45, 7) is 5.07. The molecule has 0 aliphatic carbocycles. The molecule has 0 aromatic heterocycles. The van der Waals surface area contributed by atoms with E-state index in [-0.39, 0.29) is 12.0 Å². The van der Waals surface area contributed by atoms with Crippen LogP contribution in [0.2, 0.25) is 0 Å². The fraction of sp³-hybridized carbons (Fsp3) is 0.929. The highest BCUT2D eigenvalue weighted by Gasteiger charge is 2.19. The molecule has 0 spiro atoms. The lowest BCUT2D eigenvalue weighted by atomic mass is 10.2. The van der Waals surface area contributed by atoms with Gasteiger partial charge in [-0.2, -0.15) is 0 Å². The second-order valence-electron chi connectivity index (χ2n) is 5.62. The Hall–Kier alpha value is -0.610. The normalized spacial score (nSPS) is 26.3. The van der Waals surface area contributed by atoms with Gasteiger partial charge in [-0.15, -0.1) is 0 Å². The largest absolute Gasteiger partial charge is 0.393 e. The summed E-state index contributed by atoms with van der Waals surface area (Å²) in [4.78, 5) is 16.5. The first-order valence-electron chi connectivity index (χ1n) is 7.44. The van der Waals surface area contributed by atoms with E-state index in [2.05, 4.69) is 4.90 Å². The molecule has 0 bridgehead atoms. The van der Waals surface area contributed by atoms with Crippen molar-refractivity contribution in [2.75, 3.05) is 32.7 Å². The van der Waals surface area contributed by atoms with Crippen molar-refractivity contribution in [3.05, 3.63) is 0 Å². The van der Waals surface area contributed by atoms with E-state index in [0.29, 0.717) is 6.42 Å². The zero-order valence-corrected chi connectivity index (χ0v) is 11.3. The van der Waals surface area contributed by atoms with E-state index < -0.39 is 0 Å². The maximum absolute atomic E-state index is 12.1. The van der Waals surface area contributed by atoms with Gasteiger partial charge in [0.05, 0.1) is 6.10 Å². The molecule has 4 heteroatoms. The van der Waals surface area contributed by atoms with Gasteiger partial charge < -0.3 is 14.9 Å². The van der Waals surface area contributed by atoms with Crippen LogP contribution in [0.25, 0.3) is 0 Å². The van der Waals surface area contributed by atoms with Gasteiger partial charge in [-0.1, -0.05) is 0 Å². The Morgan fingerprint density at radius 1 is 1.06 bits per heavy atom. The monoisotopic (exact) mass is 254 g/mol. The van der Waals surface area contributed by atoms with E-state index in [1.807, 2.05) is 4.90 Å². The maximum Gasteiger partial charge on any atom is 0.222 e. The van der Waals surface area contributed by atoms with Crippen LogP contribution in [0.5, 0.6) is 0 Å². The molecular formula is C14H26N2O2. The van der Waals surface area contributed by atoms with Gasteiger partial charge in [-0.05, 0) is 58.2 Å². The summed E-state index contributed by atoms with van der Waals surface area (Å²) in [6.07, 6.45) is 6.63. The lowest BCUT2D eigenvalue weighted by Gasteiger charge is -2.21. The highest BCUT2D eigenvalue weighted by atomic mass is 16.3. The van der Waals surface area contributed by atoms with Gasteiger partial charge in [-0.25, -0.2) is 0 Å². The van der Waals surface area contributed by atoms with Crippen molar-refractivity contribution in [1.29, 1.82) is 0 Å². The molecule has 2 heterocycles. The van der Waals surface area contributed by atoms with Crippen LogP contribution in [0.15, 0.2) is 0 Å². The molecule has 0 aromatic carbocycles. The van der Waals surface area contributed by atoms with Gasteiger partial charge in [0.15, 0.2) is 0 Å². The average molecular weight is 254 g/mol. The predicted octanol–water partition coefficient (Wildman–Crippen LogP) is 1.24. The quantitative estimate of drug-likeness (QED) is 0.821. The average Bonchev–Trinajstić information content (AvgIpc) is 2.77. The lowest BCUT2D eigenvalue weighted by Crippen LogP contribution is -2.32. The first kappa shape index (κ1) is 13.8. The Balaban J connectivity index is 1.63. The molecule has 0 saturated carbocycles. The molecule has 2 rings (SSSR count). The third kappa shape index (κ3) is 4.25. The minimum absolute atomic E-state index is 0.201. The summed E-state index contributed by atoms with van der Waals surface area (Å²) in [5.41, 5.74) is 0. The molecule has 0 unspecified atom stereocenters. The number of nitrogens with zero attached hydrogens (tertiary/aromatic N) is 2. The summed E-state index contributed by atoms with van der Waals surface area (Å²) in [5, 5.41) is 9.56. The van der Waals surface area contributed by atoms with Crippen LogP contribution in [0, 0.1) is 0 Å². The van der Waals surface area contributed by atoms with E-state index >= 15 is 0 Å². The van der Waals surface area contributed by atoms with Crippen molar-refractivity contribution in [2.45, 2.75) is 51.0 Å². The molecule has 18 heavy (non-hydrogen) atoms. The second-order valence-corrected chi connectivity index (χ2v) is 5.62. The number of hydrogen-bond donors (Lipinski definition) is 1. The number of amides is 1. The molecular weight excluding hydrogens is 228 g/mol. The smallest absolute Gasteiger partial charge is 0.222 e. The number of carbonyl (C=O) groups excluding carboxylic acids is 1. The molecule has 2 aliphatic rings. The molecule has 2 saturated heterocycles. The zero-order valence-electron chi connectivity index (χ0n) is 11.3. The van der Waals surface area contributed by atoms with Crippen molar-refractivity contribution in [2.24, 2.45) is 0 Å². The molecule has 1 amide bonds. The topological polar surface area (TPSA) is 43.8 Å². The van der Waals surface area contributed by atoms with E-state index in [0.717, 1.165) is 45.3 Å². The lowest BCUT2D eigenvalue weighted by molar-refractivity contribution is -0.131. The van der Waals surface area contributed by atoms with E-state index in [1.165, 1.54) is 25.9 Å². The van der Waals surface area contributed by atoms with Crippen molar-refractivity contribution >= 4 is 5.91 Å². The van der Waals surface area contributed by atoms with E-state index in [4.69, 9.17) is 0 Å². The first-order chi connectivity index (χ1) is 8.75. The van der Waals surface area contributed by atoms with E-state index in [9.17, 15) is 9.90 Å². The van der Waals surface area contributed by atoms with Gasteiger partial charge >= 0.3 is 0 Å². The van der Waals surface area contributed by atoms with Crippen molar-refractivity contribution < 1.29 is 9.90 Å². The molecule has 0 aromatic rings. The van der Waals surface area contributed by atoms with Gasteiger partial charge in [-0.3, -0.25) is 4.79 Å². The number of aliphatic hydroxyl groups excluding tert-OH is 1. The fourth-order valence-electron chi connectivity index (χ4n) is 2.95. The Kier molecular flexibility index (Phi) is 5.45. The number of carbonyl (C=O) groups is 1. The molecule has 1 atom stereocenters.